The van der Waals surface area contributed by atoms with Crippen molar-refractivity contribution in [2.75, 3.05) is 28.7 Å². The first-order valence-corrected chi connectivity index (χ1v) is 8.80. The summed E-state index contributed by atoms with van der Waals surface area (Å²) in [7, 11) is 1.76. The average molecular weight is 364 g/mol. The summed E-state index contributed by atoms with van der Waals surface area (Å²) in [4.78, 5) is 33.0. The first-order chi connectivity index (χ1) is 13.0. The Morgan fingerprint density at radius 1 is 1.26 bits per heavy atom. The first kappa shape index (κ1) is 17.1. The molecule has 1 aliphatic rings. The predicted molar refractivity (Wildman–Crippen MR) is 104 cm³/mol. The highest BCUT2D eigenvalue weighted by Gasteiger charge is 2.30. The summed E-state index contributed by atoms with van der Waals surface area (Å²) in [6.07, 6.45) is 0.243. The highest BCUT2D eigenvalue weighted by atomic mass is 16.4. The van der Waals surface area contributed by atoms with E-state index in [0.29, 0.717) is 23.0 Å². The summed E-state index contributed by atoms with van der Waals surface area (Å²) < 4.78 is 5.73. The smallest absolute Gasteiger partial charge is 0.298 e. The van der Waals surface area contributed by atoms with Gasteiger partial charge in [0.15, 0.2) is 5.58 Å². The van der Waals surface area contributed by atoms with E-state index in [9.17, 15) is 9.59 Å². The number of fused-ring (bicyclic) bond motifs is 2. The number of amides is 2. The maximum atomic E-state index is 13.1. The number of anilines is 3. The van der Waals surface area contributed by atoms with Crippen molar-refractivity contribution < 1.29 is 14.0 Å². The molecule has 0 saturated heterocycles. The van der Waals surface area contributed by atoms with Gasteiger partial charge < -0.3 is 19.5 Å². The summed E-state index contributed by atoms with van der Waals surface area (Å²) >= 11 is 0. The third-order valence-electron chi connectivity index (χ3n) is 4.61. The van der Waals surface area contributed by atoms with Crippen molar-refractivity contribution in [1.29, 1.82) is 0 Å². The standard InChI is InChI=1S/C20H20N4O3/c1-13-11-18(25)21-14-7-3-5-9-16(14)24(13)19(26)12-23(2)20-22-15-8-4-6-10-17(15)27-20/h3-10,13H,11-12H2,1-2H3,(H,21,25)/t13-/m0/s1. The number of hydrogen-bond donors (Lipinski definition) is 1. The Balaban J connectivity index is 1.60. The van der Waals surface area contributed by atoms with Gasteiger partial charge in [-0.25, -0.2) is 0 Å². The number of oxazole rings is 1. The Morgan fingerprint density at radius 2 is 2.00 bits per heavy atom. The molecule has 1 atom stereocenters. The normalized spacial score (nSPS) is 16.6. The summed E-state index contributed by atoms with van der Waals surface area (Å²) in [5, 5.41) is 2.86. The van der Waals surface area contributed by atoms with Crippen LogP contribution in [0.2, 0.25) is 0 Å². The predicted octanol–water partition coefficient (Wildman–Crippen LogP) is 3.03. The van der Waals surface area contributed by atoms with Crippen molar-refractivity contribution in [2.45, 2.75) is 19.4 Å². The molecule has 0 unspecified atom stereocenters. The van der Waals surface area contributed by atoms with Gasteiger partial charge in [-0.05, 0) is 31.2 Å². The average Bonchev–Trinajstić information content (AvgIpc) is 3.02. The lowest BCUT2D eigenvalue weighted by Crippen LogP contribution is -2.44. The Labute approximate surface area is 156 Å². The zero-order valence-electron chi connectivity index (χ0n) is 15.2. The van der Waals surface area contributed by atoms with Crippen LogP contribution in [-0.4, -0.2) is 36.4 Å². The molecule has 0 spiro atoms. The number of carbonyl (C=O) groups is 2. The molecule has 7 heteroatoms. The summed E-state index contributed by atoms with van der Waals surface area (Å²) in [6.45, 7) is 1.96. The van der Waals surface area contributed by atoms with Crippen molar-refractivity contribution in [2.24, 2.45) is 0 Å². The maximum absolute atomic E-state index is 13.1. The molecule has 1 aromatic heterocycles. The minimum Gasteiger partial charge on any atom is -0.423 e. The third kappa shape index (κ3) is 3.23. The molecule has 2 aromatic carbocycles. The van der Waals surface area contributed by atoms with Gasteiger partial charge in [0.2, 0.25) is 11.8 Å². The highest BCUT2D eigenvalue weighted by Crippen LogP contribution is 2.31. The second-order valence-corrected chi connectivity index (χ2v) is 6.70. The number of likely N-dealkylation sites (N-methyl/N-ethyl adjacent to an activating group) is 1. The summed E-state index contributed by atoms with van der Waals surface area (Å²) in [5.41, 5.74) is 2.77. The van der Waals surface area contributed by atoms with Gasteiger partial charge in [-0.1, -0.05) is 24.3 Å². The lowest BCUT2D eigenvalue weighted by Gasteiger charge is -2.29. The van der Waals surface area contributed by atoms with Crippen molar-refractivity contribution in [3.63, 3.8) is 0 Å². The van der Waals surface area contributed by atoms with E-state index < -0.39 is 0 Å². The minimum absolute atomic E-state index is 0.0830. The molecule has 0 fully saturated rings. The number of nitrogens with zero attached hydrogens (tertiary/aromatic N) is 3. The van der Waals surface area contributed by atoms with Crippen molar-refractivity contribution in [1.82, 2.24) is 4.98 Å². The fourth-order valence-electron chi connectivity index (χ4n) is 3.34. The molecule has 1 N–H and O–H groups in total. The van der Waals surface area contributed by atoms with Crippen LogP contribution in [0.5, 0.6) is 0 Å². The zero-order chi connectivity index (χ0) is 19.0. The largest absolute Gasteiger partial charge is 0.423 e. The van der Waals surface area contributed by atoms with Crippen molar-refractivity contribution in [3.8, 4) is 0 Å². The van der Waals surface area contributed by atoms with E-state index in [1.807, 2.05) is 49.4 Å². The van der Waals surface area contributed by atoms with Gasteiger partial charge in [0.25, 0.3) is 6.01 Å². The quantitative estimate of drug-likeness (QED) is 0.773. The maximum Gasteiger partial charge on any atom is 0.298 e. The van der Waals surface area contributed by atoms with Crippen LogP contribution in [0.1, 0.15) is 13.3 Å². The van der Waals surface area contributed by atoms with Crippen LogP contribution >= 0.6 is 0 Å². The fourth-order valence-corrected chi connectivity index (χ4v) is 3.34. The molecule has 2 amide bonds. The van der Waals surface area contributed by atoms with Gasteiger partial charge in [0, 0.05) is 19.5 Å². The van der Waals surface area contributed by atoms with Gasteiger partial charge in [0.05, 0.1) is 11.4 Å². The summed E-state index contributed by atoms with van der Waals surface area (Å²) in [6, 6.07) is 14.9. The van der Waals surface area contributed by atoms with Gasteiger partial charge in [-0.3, -0.25) is 9.59 Å². The topological polar surface area (TPSA) is 78.7 Å². The Bertz CT molecular complexity index is 980. The van der Waals surface area contributed by atoms with Crippen LogP contribution in [0.3, 0.4) is 0 Å². The van der Waals surface area contributed by atoms with E-state index in [2.05, 4.69) is 10.3 Å². The fraction of sp³-hybridized carbons (Fsp3) is 0.250. The number of hydrogen-bond acceptors (Lipinski definition) is 5. The monoisotopic (exact) mass is 364 g/mol. The number of para-hydroxylation sites is 4. The molecule has 0 bridgehead atoms. The van der Waals surface area contributed by atoms with E-state index in [4.69, 9.17) is 4.42 Å². The molecule has 7 nitrogen and oxygen atoms in total. The van der Waals surface area contributed by atoms with E-state index in [0.717, 1.165) is 5.52 Å². The minimum atomic E-state index is -0.252. The molecule has 4 rings (SSSR count). The van der Waals surface area contributed by atoms with E-state index >= 15 is 0 Å². The van der Waals surface area contributed by atoms with Crippen LogP contribution < -0.4 is 15.1 Å². The lowest BCUT2D eigenvalue weighted by molar-refractivity contribution is -0.118. The molecule has 27 heavy (non-hydrogen) atoms. The van der Waals surface area contributed by atoms with Crippen LogP contribution in [0.15, 0.2) is 52.9 Å². The second kappa shape index (κ2) is 6.75. The SMILES string of the molecule is C[C@H]1CC(=O)Nc2ccccc2N1C(=O)CN(C)c1nc2ccccc2o1. The van der Waals surface area contributed by atoms with Gasteiger partial charge >= 0.3 is 0 Å². The molecular formula is C20H20N4O3. The Morgan fingerprint density at radius 3 is 2.81 bits per heavy atom. The van der Waals surface area contributed by atoms with E-state index in [1.165, 1.54) is 0 Å². The van der Waals surface area contributed by atoms with Gasteiger partial charge in [-0.15, -0.1) is 0 Å². The third-order valence-corrected chi connectivity index (χ3v) is 4.61. The molecule has 0 radical (unpaired) electrons. The zero-order valence-corrected chi connectivity index (χ0v) is 15.2. The lowest BCUT2D eigenvalue weighted by atomic mass is 10.1. The van der Waals surface area contributed by atoms with Crippen molar-refractivity contribution >= 4 is 40.3 Å². The molecule has 1 aliphatic heterocycles. The van der Waals surface area contributed by atoms with E-state index in [-0.39, 0.29) is 30.8 Å². The highest BCUT2D eigenvalue weighted by molar-refractivity contribution is 6.05. The number of aromatic nitrogens is 1. The first-order valence-electron chi connectivity index (χ1n) is 8.80. The second-order valence-electron chi connectivity index (χ2n) is 6.70. The van der Waals surface area contributed by atoms with Gasteiger partial charge in [0.1, 0.15) is 12.1 Å². The Kier molecular flexibility index (Phi) is 4.27. The molecule has 2 heterocycles. The van der Waals surface area contributed by atoms with Crippen LogP contribution in [0.4, 0.5) is 17.4 Å². The number of carbonyl (C=O) groups excluding carboxylic acids is 2. The number of nitrogens with one attached hydrogen (secondary N) is 1. The van der Waals surface area contributed by atoms with Crippen LogP contribution in [0.25, 0.3) is 11.1 Å². The van der Waals surface area contributed by atoms with E-state index in [1.54, 1.807) is 22.9 Å². The molecule has 3 aromatic rings. The van der Waals surface area contributed by atoms with Gasteiger partial charge in [-0.2, -0.15) is 4.98 Å². The Hall–Kier alpha value is -3.35. The number of rotatable bonds is 3. The molecular weight excluding hydrogens is 344 g/mol. The van der Waals surface area contributed by atoms with Crippen molar-refractivity contribution in [3.05, 3.63) is 48.5 Å². The molecule has 0 saturated carbocycles. The summed E-state index contributed by atoms with van der Waals surface area (Å²) in [5.74, 6) is -0.228. The van der Waals surface area contributed by atoms with Crippen LogP contribution in [0, 0.1) is 0 Å². The molecule has 138 valence electrons. The van der Waals surface area contributed by atoms with Crippen LogP contribution in [-0.2, 0) is 9.59 Å². The molecule has 0 aliphatic carbocycles. The number of benzene rings is 2.